The van der Waals surface area contributed by atoms with Crippen LogP contribution in [0.25, 0.3) is 0 Å². The summed E-state index contributed by atoms with van der Waals surface area (Å²) < 4.78 is 56.9. The summed E-state index contributed by atoms with van der Waals surface area (Å²) in [5, 5.41) is 15.4. The molecule has 0 heterocycles. The zero-order valence-electron chi connectivity index (χ0n) is 13.1. The van der Waals surface area contributed by atoms with Crippen LogP contribution in [-0.2, 0) is 6.18 Å². The Morgan fingerprint density at radius 2 is 1.81 bits per heavy atom. The van der Waals surface area contributed by atoms with Crippen molar-refractivity contribution in [3.8, 4) is 5.75 Å². The Hall–Kier alpha value is -2.95. The number of nitrogens with one attached hydrogen (secondary N) is 2. The first kappa shape index (κ1) is 19.4. The molecule has 2 rings (SSSR count). The van der Waals surface area contributed by atoms with Gasteiger partial charge in [0.1, 0.15) is 11.6 Å². The third-order valence-corrected chi connectivity index (χ3v) is 3.39. The van der Waals surface area contributed by atoms with Gasteiger partial charge in [0.25, 0.3) is 5.69 Å². The van der Waals surface area contributed by atoms with Gasteiger partial charge in [-0.2, -0.15) is 13.2 Å². The monoisotopic (exact) mass is 389 g/mol. The maximum atomic E-state index is 13.7. The summed E-state index contributed by atoms with van der Waals surface area (Å²) in [4.78, 5) is 10.1. The Morgan fingerprint density at radius 1 is 1.15 bits per heavy atom. The van der Waals surface area contributed by atoms with Crippen LogP contribution in [0.1, 0.15) is 5.56 Å². The van der Waals surface area contributed by atoms with Crippen LogP contribution in [0.3, 0.4) is 0 Å². The molecule has 0 saturated carbocycles. The van der Waals surface area contributed by atoms with Crippen molar-refractivity contribution < 1.29 is 27.2 Å². The van der Waals surface area contributed by atoms with E-state index in [2.05, 4.69) is 10.6 Å². The van der Waals surface area contributed by atoms with Crippen LogP contribution >= 0.6 is 12.2 Å². The highest BCUT2D eigenvalue weighted by atomic mass is 32.1. The molecule has 0 radical (unpaired) electrons. The zero-order chi connectivity index (χ0) is 19.5. The summed E-state index contributed by atoms with van der Waals surface area (Å²) in [6, 6.07) is 5.47. The van der Waals surface area contributed by atoms with Gasteiger partial charge < -0.3 is 15.4 Å². The molecule has 0 unspecified atom stereocenters. The van der Waals surface area contributed by atoms with E-state index in [1.165, 1.54) is 19.2 Å². The molecule has 138 valence electrons. The predicted octanol–water partition coefficient (Wildman–Crippen LogP) is 4.57. The Kier molecular flexibility index (Phi) is 5.60. The van der Waals surface area contributed by atoms with E-state index in [0.29, 0.717) is 18.2 Å². The fourth-order valence-corrected chi connectivity index (χ4v) is 2.19. The average molecular weight is 389 g/mol. The minimum Gasteiger partial charge on any atom is -0.494 e. The molecule has 0 aliphatic heterocycles. The largest absolute Gasteiger partial charge is 0.494 e. The first-order chi connectivity index (χ1) is 12.1. The molecular weight excluding hydrogens is 378 g/mol. The number of benzene rings is 2. The van der Waals surface area contributed by atoms with Crippen LogP contribution in [-0.4, -0.2) is 17.1 Å². The lowest BCUT2D eigenvalue weighted by molar-refractivity contribution is -0.384. The van der Waals surface area contributed by atoms with Gasteiger partial charge in [-0.25, -0.2) is 4.39 Å². The van der Waals surface area contributed by atoms with Gasteiger partial charge in [-0.05, 0) is 36.5 Å². The summed E-state index contributed by atoms with van der Waals surface area (Å²) in [6.07, 6.45) is -4.64. The number of thiocarbonyl (C=S) groups is 1. The predicted molar refractivity (Wildman–Crippen MR) is 90.9 cm³/mol. The highest BCUT2D eigenvalue weighted by molar-refractivity contribution is 7.80. The van der Waals surface area contributed by atoms with Crippen molar-refractivity contribution in [1.29, 1.82) is 0 Å². The number of alkyl halides is 3. The van der Waals surface area contributed by atoms with Gasteiger partial charge in [0, 0.05) is 6.07 Å². The third-order valence-electron chi connectivity index (χ3n) is 3.19. The van der Waals surface area contributed by atoms with Crippen LogP contribution in [0.4, 0.5) is 34.6 Å². The number of hydrogen-bond donors (Lipinski definition) is 2. The molecule has 0 spiro atoms. The van der Waals surface area contributed by atoms with Crippen LogP contribution in [0.2, 0.25) is 0 Å². The molecule has 11 heteroatoms. The van der Waals surface area contributed by atoms with E-state index >= 15 is 0 Å². The Labute approximate surface area is 149 Å². The van der Waals surface area contributed by atoms with Crippen LogP contribution in [0, 0.1) is 15.9 Å². The molecule has 0 aliphatic rings. The highest BCUT2D eigenvalue weighted by Crippen LogP contribution is 2.32. The second-order valence-corrected chi connectivity index (χ2v) is 5.32. The smallest absolute Gasteiger partial charge is 0.416 e. The first-order valence-electron chi connectivity index (χ1n) is 6.89. The van der Waals surface area contributed by atoms with Crippen molar-refractivity contribution in [2.75, 3.05) is 17.7 Å². The molecule has 6 nitrogen and oxygen atoms in total. The van der Waals surface area contributed by atoms with Crippen molar-refractivity contribution in [2.45, 2.75) is 6.18 Å². The molecule has 2 aromatic rings. The normalized spacial score (nSPS) is 11.0. The minimum atomic E-state index is -4.64. The maximum Gasteiger partial charge on any atom is 0.416 e. The summed E-state index contributed by atoms with van der Waals surface area (Å²) in [6.45, 7) is 0. The van der Waals surface area contributed by atoms with Gasteiger partial charge in [0.15, 0.2) is 5.11 Å². The molecule has 0 aromatic heterocycles. The van der Waals surface area contributed by atoms with Crippen LogP contribution in [0.15, 0.2) is 36.4 Å². The lowest BCUT2D eigenvalue weighted by Crippen LogP contribution is -2.20. The van der Waals surface area contributed by atoms with Gasteiger partial charge in [-0.1, -0.05) is 0 Å². The van der Waals surface area contributed by atoms with Gasteiger partial charge in [-0.3, -0.25) is 10.1 Å². The van der Waals surface area contributed by atoms with E-state index in [1.807, 2.05) is 0 Å². The number of non-ortho nitro benzene ring substituents is 1. The summed E-state index contributed by atoms with van der Waals surface area (Å²) in [5.74, 6) is -0.856. The fourth-order valence-electron chi connectivity index (χ4n) is 1.97. The SMILES string of the molecule is COc1cc([N+](=O)[O-])ccc1NC(=S)Nc1cc(C(F)(F)F)ccc1F. The third kappa shape index (κ3) is 4.57. The van der Waals surface area contributed by atoms with Gasteiger partial charge in [-0.15, -0.1) is 0 Å². The lowest BCUT2D eigenvalue weighted by Gasteiger charge is -2.15. The molecule has 0 atom stereocenters. The van der Waals surface area contributed by atoms with E-state index in [-0.39, 0.29) is 22.2 Å². The number of ether oxygens (including phenoxy) is 1. The molecule has 2 N–H and O–H groups in total. The fraction of sp³-hybridized carbons (Fsp3) is 0.133. The van der Waals surface area contributed by atoms with Crippen LogP contribution in [0.5, 0.6) is 5.75 Å². The number of anilines is 2. The first-order valence-corrected chi connectivity index (χ1v) is 7.30. The molecular formula is C15H11F4N3O3S. The number of methoxy groups -OCH3 is 1. The Balaban J connectivity index is 2.20. The molecule has 0 amide bonds. The minimum absolute atomic E-state index is 0.0767. The number of rotatable bonds is 4. The van der Waals surface area contributed by atoms with Gasteiger partial charge in [0.05, 0.1) is 35.0 Å². The molecule has 2 aromatic carbocycles. The molecule has 0 aliphatic carbocycles. The van der Waals surface area contributed by atoms with Crippen molar-refractivity contribution in [2.24, 2.45) is 0 Å². The van der Waals surface area contributed by atoms with E-state index in [0.717, 1.165) is 6.07 Å². The second-order valence-electron chi connectivity index (χ2n) is 4.91. The lowest BCUT2D eigenvalue weighted by atomic mass is 10.2. The molecule has 0 fully saturated rings. The van der Waals surface area contributed by atoms with Crippen LogP contribution < -0.4 is 15.4 Å². The Bertz CT molecular complexity index is 859. The van der Waals surface area contributed by atoms with E-state index in [9.17, 15) is 27.7 Å². The van der Waals surface area contributed by atoms with Gasteiger partial charge >= 0.3 is 6.18 Å². The van der Waals surface area contributed by atoms with Crippen molar-refractivity contribution >= 4 is 34.4 Å². The van der Waals surface area contributed by atoms with Crippen molar-refractivity contribution in [3.05, 3.63) is 57.9 Å². The molecule has 26 heavy (non-hydrogen) atoms. The van der Waals surface area contributed by atoms with Gasteiger partial charge in [0.2, 0.25) is 0 Å². The number of nitro groups is 1. The number of nitrogens with zero attached hydrogens (tertiary/aromatic N) is 1. The number of halogens is 4. The van der Waals surface area contributed by atoms with E-state index in [1.54, 1.807) is 0 Å². The topological polar surface area (TPSA) is 76.4 Å². The second kappa shape index (κ2) is 7.52. The van der Waals surface area contributed by atoms with Crippen molar-refractivity contribution in [3.63, 3.8) is 0 Å². The zero-order valence-corrected chi connectivity index (χ0v) is 13.9. The van der Waals surface area contributed by atoms with Crippen molar-refractivity contribution in [1.82, 2.24) is 0 Å². The Morgan fingerprint density at radius 3 is 2.38 bits per heavy atom. The highest BCUT2D eigenvalue weighted by Gasteiger charge is 2.31. The average Bonchev–Trinajstić information content (AvgIpc) is 2.55. The summed E-state index contributed by atoms with van der Waals surface area (Å²) >= 11 is 4.95. The number of nitro benzene ring substituents is 1. The van der Waals surface area contributed by atoms with E-state index < -0.39 is 28.2 Å². The quantitative estimate of drug-likeness (QED) is 0.345. The number of hydrogen-bond acceptors (Lipinski definition) is 4. The summed E-state index contributed by atoms with van der Waals surface area (Å²) in [7, 11) is 1.27. The maximum absolute atomic E-state index is 13.7. The molecule has 0 bridgehead atoms. The van der Waals surface area contributed by atoms with E-state index in [4.69, 9.17) is 17.0 Å². The molecule has 0 saturated heterocycles. The standard InChI is InChI=1S/C15H11F4N3O3S/c1-25-13-7-9(22(23)24)3-5-11(13)20-14(26)21-12-6-8(15(17,18)19)2-4-10(12)16/h2-7H,1H3,(H2,20,21,26). The summed E-state index contributed by atoms with van der Waals surface area (Å²) in [5.41, 5.74) is -1.53.